The molecule has 0 saturated heterocycles. The van der Waals surface area contributed by atoms with Gasteiger partial charge in [-0.3, -0.25) is 9.59 Å². The maximum atomic E-state index is 12.4. The molecule has 5 heteroatoms. The van der Waals surface area contributed by atoms with Crippen LogP contribution in [-0.2, 0) is 9.59 Å². The van der Waals surface area contributed by atoms with E-state index in [9.17, 15) is 9.59 Å². The Balaban J connectivity index is 1.59. The van der Waals surface area contributed by atoms with Crippen molar-refractivity contribution < 1.29 is 14.3 Å². The van der Waals surface area contributed by atoms with E-state index in [1.807, 2.05) is 31.2 Å². The van der Waals surface area contributed by atoms with Gasteiger partial charge in [-0.1, -0.05) is 38.1 Å². The molecule has 2 N–H and O–H groups in total. The average Bonchev–Trinajstić information content (AvgIpc) is 3.47. The van der Waals surface area contributed by atoms with Crippen LogP contribution in [0.1, 0.15) is 43.7 Å². The van der Waals surface area contributed by atoms with Gasteiger partial charge in [-0.15, -0.1) is 0 Å². The number of amides is 2. The summed E-state index contributed by atoms with van der Waals surface area (Å²) in [5, 5.41) is 5.85. The van der Waals surface area contributed by atoms with E-state index in [0.29, 0.717) is 17.4 Å². The summed E-state index contributed by atoms with van der Waals surface area (Å²) in [6.45, 7) is 6.09. The molecule has 1 fully saturated rings. The summed E-state index contributed by atoms with van der Waals surface area (Å²) < 4.78 is 5.62. The largest absolute Gasteiger partial charge is 0.484 e. The summed E-state index contributed by atoms with van der Waals surface area (Å²) in [6, 6.07) is 13.1. The predicted octanol–water partition coefficient (Wildman–Crippen LogP) is 4.48. The van der Waals surface area contributed by atoms with Crippen molar-refractivity contribution in [2.24, 2.45) is 5.92 Å². The van der Waals surface area contributed by atoms with Crippen molar-refractivity contribution in [2.75, 3.05) is 17.2 Å². The van der Waals surface area contributed by atoms with E-state index in [2.05, 4.69) is 24.5 Å². The van der Waals surface area contributed by atoms with Crippen LogP contribution in [-0.4, -0.2) is 18.4 Å². The van der Waals surface area contributed by atoms with E-state index in [4.69, 9.17) is 4.74 Å². The molecule has 3 rings (SSSR count). The van der Waals surface area contributed by atoms with Gasteiger partial charge >= 0.3 is 0 Å². The number of rotatable bonds is 7. The Morgan fingerprint density at radius 3 is 2.56 bits per heavy atom. The van der Waals surface area contributed by atoms with Crippen molar-refractivity contribution in [3.63, 3.8) is 0 Å². The number of benzene rings is 2. The number of carbonyl (C=O) groups is 2. The lowest BCUT2D eigenvalue weighted by Gasteiger charge is -2.16. The first-order valence-corrected chi connectivity index (χ1v) is 9.37. The van der Waals surface area contributed by atoms with Crippen LogP contribution in [0.3, 0.4) is 0 Å². The highest BCUT2D eigenvalue weighted by atomic mass is 16.5. The Hall–Kier alpha value is -2.82. The molecule has 1 saturated carbocycles. The standard InChI is InChI=1S/C22H26N2O3/c1-14(2)19-9-4-6-15(3)21(19)24-20(25)13-27-18-8-5-7-17(12-18)23-22(26)16-10-11-16/h4-9,12,14,16H,10-11,13H2,1-3H3,(H,23,26)(H,24,25). The molecule has 1 aliphatic carbocycles. The predicted molar refractivity (Wildman–Crippen MR) is 107 cm³/mol. The summed E-state index contributed by atoms with van der Waals surface area (Å²) in [5.74, 6) is 0.842. The topological polar surface area (TPSA) is 67.4 Å². The lowest BCUT2D eigenvalue weighted by atomic mass is 9.98. The van der Waals surface area contributed by atoms with E-state index in [-0.39, 0.29) is 24.3 Å². The van der Waals surface area contributed by atoms with Crippen LogP contribution in [0.2, 0.25) is 0 Å². The van der Waals surface area contributed by atoms with Crippen molar-refractivity contribution in [3.05, 3.63) is 53.6 Å². The molecule has 2 aromatic rings. The van der Waals surface area contributed by atoms with E-state index in [0.717, 1.165) is 29.7 Å². The molecule has 2 amide bonds. The van der Waals surface area contributed by atoms with Crippen LogP contribution in [0.5, 0.6) is 5.75 Å². The quantitative estimate of drug-likeness (QED) is 0.759. The third-order valence-corrected chi connectivity index (χ3v) is 4.61. The van der Waals surface area contributed by atoms with Crippen LogP contribution in [0, 0.1) is 12.8 Å². The van der Waals surface area contributed by atoms with Gasteiger partial charge in [-0.2, -0.15) is 0 Å². The number of para-hydroxylation sites is 1. The van der Waals surface area contributed by atoms with Gasteiger partial charge in [-0.05, 0) is 48.9 Å². The van der Waals surface area contributed by atoms with Gasteiger partial charge in [0.2, 0.25) is 5.91 Å². The van der Waals surface area contributed by atoms with Crippen LogP contribution in [0.25, 0.3) is 0 Å². The Morgan fingerprint density at radius 2 is 1.85 bits per heavy atom. The molecule has 0 atom stereocenters. The minimum absolute atomic E-state index is 0.0469. The number of nitrogens with one attached hydrogen (secondary N) is 2. The van der Waals surface area contributed by atoms with Crippen LogP contribution in [0.4, 0.5) is 11.4 Å². The first-order valence-electron chi connectivity index (χ1n) is 9.37. The highest BCUT2D eigenvalue weighted by Crippen LogP contribution is 2.30. The molecule has 0 heterocycles. The Morgan fingerprint density at radius 1 is 1.11 bits per heavy atom. The molecule has 0 bridgehead atoms. The zero-order chi connectivity index (χ0) is 19.4. The molecule has 0 aromatic heterocycles. The van der Waals surface area contributed by atoms with E-state index in [1.54, 1.807) is 18.2 Å². The molecule has 0 spiro atoms. The maximum Gasteiger partial charge on any atom is 0.262 e. The normalized spacial score (nSPS) is 13.3. The first kappa shape index (κ1) is 19.0. The number of anilines is 2. The van der Waals surface area contributed by atoms with Crippen molar-refractivity contribution in [2.45, 2.75) is 39.5 Å². The number of ether oxygens (including phenoxy) is 1. The van der Waals surface area contributed by atoms with Crippen molar-refractivity contribution in [1.29, 1.82) is 0 Å². The van der Waals surface area contributed by atoms with Gasteiger partial charge in [0.25, 0.3) is 5.91 Å². The van der Waals surface area contributed by atoms with Gasteiger partial charge in [-0.25, -0.2) is 0 Å². The van der Waals surface area contributed by atoms with Gasteiger partial charge in [0.1, 0.15) is 5.75 Å². The fourth-order valence-corrected chi connectivity index (χ4v) is 2.92. The highest BCUT2D eigenvalue weighted by Gasteiger charge is 2.29. The summed E-state index contributed by atoms with van der Waals surface area (Å²) >= 11 is 0. The molecule has 0 radical (unpaired) electrons. The van der Waals surface area contributed by atoms with Crippen LogP contribution >= 0.6 is 0 Å². The van der Waals surface area contributed by atoms with Crippen molar-refractivity contribution >= 4 is 23.2 Å². The van der Waals surface area contributed by atoms with E-state index in [1.165, 1.54) is 0 Å². The highest BCUT2D eigenvalue weighted by molar-refractivity contribution is 5.94. The summed E-state index contributed by atoms with van der Waals surface area (Å²) in [6.07, 6.45) is 1.92. The Bertz CT molecular complexity index is 841. The lowest BCUT2D eigenvalue weighted by Crippen LogP contribution is -2.21. The van der Waals surface area contributed by atoms with Crippen molar-refractivity contribution in [1.82, 2.24) is 0 Å². The fraction of sp³-hybridized carbons (Fsp3) is 0.364. The summed E-state index contributed by atoms with van der Waals surface area (Å²) in [7, 11) is 0. The minimum atomic E-state index is -0.210. The minimum Gasteiger partial charge on any atom is -0.484 e. The zero-order valence-electron chi connectivity index (χ0n) is 16.0. The SMILES string of the molecule is Cc1cccc(C(C)C)c1NC(=O)COc1cccc(NC(=O)C2CC2)c1. The number of carbonyl (C=O) groups excluding carboxylic acids is 2. The molecular formula is C22H26N2O3. The second-order valence-electron chi connectivity index (χ2n) is 7.32. The number of aryl methyl sites for hydroxylation is 1. The summed E-state index contributed by atoms with van der Waals surface area (Å²) in [4.78, 5) is 24.2. The molecule has 27 heavy (non-hydrogen) atoms. The molecule has 0 unspecified atom stereocenters. The first-order chi connectivity index (χ1) is 12.9. The van der Waals surface area contributed by atoms with Gasteiger partial charge < -0.3 is 15.4 Å². The monoisotopic (exact) mass is 366 g/mol. The number of hydrogen-bond donors (Lipinski definition) is 2. The van der Waals surface area contributed by atoms with Crippen molar-refractivity contribution in [3.8, 4) is 5.75 Å². The third-order valence-electron chi connectivity index (χ3n) is 4.61. The average molecular weight is 366 g/mol. The Kier molecular flexibility index (Phi) is 5.79. The molecule has 142 valence electrons. The van der Waals surface area contributed by atoms with Gasteiger partial charge in [0, 0.05) is 23.4 Å². The Labute approximate surface area is 160 Å². The molecule has 0 aliphatic heterocycles. The second-order valence-corrected chi connectivity index (χ2v) is 7.32. The van der Waals surface area contributed by atoms with Gasteiger partial charge in [0.15, 0.2) is 6.61 Å². The fourth-order valence-electron chi connectivity index (χ4n) is 2.92. The van der Waals surface area contributed by atoms with E-state index >= 15 is 0 Å². The molecule has 5 nitrogen and oxygen atoms in total. The van der Waals surface area contributed by atoms with Gasteiger partial charge in [0.05, 0.1) is 0 Å². The summed E-state index contributed by atoms with van der Waals surface area (Å²) in [5.41, 5.74) is 3.67. The molecule has 1 aliphatic rings. The lowest BCUT2D eigenvalue weighted by molar-refractivity contribution is -0.118. The van der Waals surface area contributed by atoms with E-state index < -0.39 is 0 Å². The molecular weight excluding hydrogens is 340 g/mol. The zero-order valence-corrected chi connectivity index (χ0v) is 16.0. The second kappa shape index (κ2) is 8.25. The number of hydrogen-bond acceptors (Lipinski definition) is 3. The maximum absolute atomic E-state index is 12.4. The molecule has 2 aromatic carbocycles. The van der Waals surface area contributed by atoms with Crippen LogP contribution in [0.15, 0.2) is 42.5 Å². The smallest absolute Gasteiger partial charge is 0.262 e. The third kappa shape index (κ3) is 5.09. The van der Waals surface area contributed by atoms with Crippen LogP contribution < -0.4 is 15.4 Å².